The number of ether oxygens (including phenoxy) is 1. The summed E-state index contributed by atoms with van der Waals surface area (Å²) in [5.41, 5.74) is 5.90. The molecule has 0 spiro atoms. The molecule has 0 saturated carbocycles. The summed E-state index contributed by atoms with van der Waals surface area (Å²) in [5.74, 6) is 1.41. The van der Waals surface area contributed by atoms with Crippen molar-refractivity contribution >= 4 is 27.9 Å². The highest BCUT2D eigenvalue weighted by atomic mass is 16.5. The maximum Gasteiger partial charge on any atom is 0.196 e. The Kier molecular flexibility index (Phi) is 7.21. The first-order valence-corrected chi connectivity index (χ1v) is 13.7. The normalized spacial score (nSPS) is 11.9. The van der Waals surface area contributed by atoms with E-state index in [9.17, 15) is 4.79 Å². The number of ketones is 1. The molecule has 4 heteroatoms. The van der Waals surface area contributed by atoms with Crippen LogP contribution in [0.25, 0.3) is 22.0 Å². The SMILES string of the molecule is CC.CCC(C)(C)c1ccc(Oc2cc(Nc3ccccc3)c3c4c(nccc24)-c2ccccc2C3=O)cc1. The third-order valence-corrected chi connectivity index (χ3v) is 7.47. The third-order valence-electron chi connectivity index (χ3n) is 7.47. The third kappa shape index (κ3) is 4.79. The lowest BCUT2D eigenvalue weighted by Crippen LogP contribution is -2.15. The maximum absolute atomic E-state index is 13.8. The van der Waals surface area contributed by atoms with Gasteiger partial charge in [-0.05, 0) is 47.7 Å². The van der Waals surface area contributed by atoms with Gasteiger partial charge in [0.25, 0.3) is 0 Å². The smallest absolute Gasteiger partial charge is 0.196 e. The predicted molar refractivity (Wildman–Crippen MR) is 162 cm³/mol. The van der Waals surface area contributed by atoms with Crippen LogP contribution in [0, 0.1) is 0 Å². The second-order valence-corrected chi connectivity index (χ2v) is 10.1. The average molecular weight is 515 g/mol. The minimum atomic E-state index is -0.0165. The molecule has 1 aromatic heterocycles. The number of benzene rings is 4. The van der Waals surface area contributed by atoms with Gasteiger partial charge in [0, 0.05) is 39.8 Å². The van der Waals surface area contributed by atoms with Crippen molar-refractivity contribution in [1.29, 1.82) is 0 Å². The molecule has 1 aliphatic rings. The Balaban J connectivity index is 0.00000151. The van der Waals surface area contributed by atoms with Crippen LogP contribution in [0.3, 0.4) is 0 Å². The van der Waals surface area contributed by atoms with Gasteiger partial charge in [-0.25, -0.2) is 0 Å². The van der Waals surface area contributed by atoms with Crippen molar-refractivity contribution in [2.24, 2.45) is 0 Å². The Morgan fingerprint density at radius 2 is 1.51 bits per heavy atom. The van der Waals surface area contributed by atoms with E-state index in [1.807, 2.05) is 92.7 Å². The number of nitrogens with zero attached hydrogens (tertiary/aromatic N) is 1. The van der Waals surface area contributed by atoms with E-state index < -0.39 is 0 Å². The topological polar surface area (TPSA) is 51.2 Å². The van der Waals surface area contributed by atoms with Gasteiger partial charge in [0.1, 0.15) is 11.5 Å². The lowest BCUT2D eigenvalue weighted by molar-refractivity contribution is 0.104. The Morgan fingerprint density at radius 3 is 2.21 bits per heavy atom. The van der Waals surface area contributed by atoms with Crippen molar-refractivity contribution in [3.05, 3.63) is 114 Å². The second-order valence-electron chi connectivity index (χ2n) is 10.1. The molecule has 0 radical (unpaired) electrons. The Labute approximate surface area is 230 Å². The molecule has 39 heavy (non-hydrogen) atoms. The number of rotatable bonds is 6. The fourth-order valence-electron chi connectivity index (χ4n) is 4.96. The van der Waals surface area contributed by atoms with Gasteiger partial charge < -0.3 is 10.1 Å². The van der Waals surface area contributed by atoms with Crippen LogP contribution in [0.4, 0.5) is 11.4 Å². The molecule has 1 heterocycles. The number of pyridine rings is 1. The first kappa shape index (κ1) is 26.2. The molecule has 0 fully saturated rings. The van der Waals surface area contributed by atoms with Gasteiger partial charge in [0.2, 0.25) is 0 Å². The molecule has 196 valence electrons. The van der Waals surface area contributed by atoms with Crippen molar-refractivity contribution in [2.45, 2.75) is 46.5 Å². The quantitative estimate of drug-likeness (QED) is 0.240. The lowest BCUT2D eigenvalue weighted by Gasteiger charge is -2.24. The molecule has 1 aliphatic carbocycles. The summed E-state index contributed by atoms with van der Waals surface area (Å²) in [6, 6.07) is 29.7. The molecule has 0 saturated heterocycles. The van der Waals surface area contributed by atoms with Gasteiger partial charge in [-0.1, -0.05) is 89.2 Å². The van der Waals surface area contributed by atoms with Gasteiger partial charge in [-0.15, -0.1) is 0 Å². The number of aromatic nitrogens is 1. The molecule has 4 aromatic carbocycles. The van der Waals surface area contributed by atoms with Crippen LogP contribution in [0.15, 0.2) is 97.2 Å². The summed E-state index contributed by atoms with van der Waals surface area (Å²) in [4.78, 5) is 18.5. The Bertz CT molecular complexity index is 1640. The highest BCUT2D eigenvalue weighted by Gasteiger charge is 2.30. The molecule has 0 atom stereocenters. The molecule has 1 N–H and O–H groups in total. The van der Waals surface area contributed by atoms with E-state index in [0.29, 0.717) is 22.6 Å². The van der Waals surface area contributed by atoms with Gasteiger partial charge in [0.05, 0.1) is 16.9 Å². The summed E-state index contributed by atoms with van der Waals surface area (Å²) >= 11 is 0. The van der Waals surface area contributed by atoms with E-state index in [4.69, 9.17) is 9.72 Å². The molecular weight excluding hydrogens is 480 g/mol. The minimum absolute atomic E-state index is 0.0165. The van der Waals surface area contributed by atoms with Crippen molar-refractivity contribution in [3.63, 3.8) is 0 Å². The number of carbonyl (C=O) groups excluding carboxylic acids is 1. The van der Waals surface area contributed by atoms with Crippen LogP contribution < -0.4 is 10.1 Å². The van der Waals surface area contributed by atoms with E-state index in [1.165, 1.54) is 5.56 Å². The van der Waals surface area contributed by atoms with E-state index in [-0.39, 0.29) is 11.2 Å². The van der Waals surface area contributed by atoms with Crippen molar-refractivity contribution in [1.82, 2.24) is 4.98 Å². The molecule has 0 amide bonds. The van der Waals surface area contributed by atoms with Gasteiger partial charge in [0.15, 0.2) is 5.78 Å². The van der Waals surface area contributed by atoms with Crippen molar-refractivity contribution in [2.75, 3.05) is 5.32 Å². The van der Waals surface area contributed by atoms with Crippen LogP contribution in [0.1, 0.15) is 62.5 Å². The fraction of sp³-hybridized carbons (Fsp3) is 0.200. The van der Waals surface area contributed by atoms with Crippen LogP contribution >= 0.6 is 0 Å². The summed E-state index contributed by atoms with van der Waals surface area (Å²) in [6.07, 6.45) is 2.84. The van der Waals surface area contributed by atoms with E-state index in [1.54, 1.807) is 6.20 Å². The highest BCUT2D eigenvalue weighted by molar-refractivity contribution is 6.28. The summed E-state index contributed by atoms with van der Waals surface area (Å²) in [6.45, 7) is 10.7. The first-order chi connectivity index (χ1) is 19.0. The highest BCUT2D eigenvalue weighted by Crippen LogP contribution is 2.46. The van der Waals surface area contributed by atoms with E-state index in [2.05, 4.69) is 38.2 Å². The second kappa shape index (κ2) is 10.7. The maximum atomic E-state index is 13.8. The minimum Gasteiger partial charge on any atom is -0.457 e. The van der Waals surface area contributed by atoms with Gasteiger partial charge in [-0.3, -0.25) is 9.78 Å². The number of para-hydroxylation sites is 1. The zero-order valence-corrected chi connectivity index (χ0v) is 23.2. The predicted octanol–water partition coefficient (Wildman–Crippen LogP) is 9.70. The van der Waals surface area contributed by atoms with Crippen molar-refractivity contribution in [3.8, 4) is 22.8 Å². The summed E-state index contributed by atoms with van der Waals surface area (Å²) in [5, 5.41) is 5.14. The molecule has 5 aromatic rings. The molecular formula is C35H34N2O2. The number of hydrogen-bond acceptors (Lipinski definition) is 4. The zero-order chi connectivity index (χ0) is 27.6. The van der Waals surface area contributed by atoms with Gasteiger partial charge in [-0.2, -0.15) is 0 Å². The average Bonchev–Trinajstić information content (AvgIpc) is 2.98. The van der Waals surface area contributed by atoms with E-state index >= 15 is 0 Å². The number of carbonyl (C=O) groups is 1. The van der Waals surface area contributed by atoms with Crippen LogP contribution in [0.5, 0.6) is 11.5 Å². The van der Waals surface area contributed by atoms with Crippen molar-refractivity contribution < 1.29 is 9.53 Å². The molecule has 0 aliphatic heterocycles. The van der Waals surface area contributed by atoms with Crippen LogP contribution in [-0.4, -0.2) is 10.8 Å². The molecule has 4 nitrogen and oxygen atoms in total. The monoisotopic (exact) mass is 514 g/mol. The van der Waals surface area contributed by atoms with E-state index in [0.717, 1.165) is 39.9 Å². The van der Waals surface area contributed by atoms with Crippen LogP contribution in [0.2, 0.25) is 0 Å². The molecule has 6 rings (SSSR count). The Hall–Kier alpha value is -4.44. The summed E-state index contributed by atoms with van der Waals surface area (Å²) < 4.78 is 6.49. The van der Waals surface area contributed by atoms with Gasteiger partial charge >= 0.3 is 0 Å². The summed E-state index contributed by atoms with van der Waals surface area (Å²) in [7, 11) is 0. The largest absolute Gasteiger partial charge is 0.457 e. The number of hydrogen-bond donors (Lipinski definition) is 1. The Morgan fingerprint density at radius 1 is 0.846 bits per heavy atom. The standard InChI is InChI=1S/C33H28N2O2.C2H6/c1-4-33(2,3)21-14-16-23(17-15-21)37-28-20-27(35-22-10-6-5-7-11-22)30-29-26(28)18-19-34-31(29)24-12-8-9-13-25(24)32(30)36;1-2/h5-20,35H,4H2,1-3H3;1-2H3. The first-order valence-electron chi connectivity index (χ1n) is 13.7. The number of nitrogens with one attached hydrogen (secondary N) is 1. The number of anilines is 2. The zero-order valence-electron chi connectivity index (χ0n) is 23.2. The number of fused-ring (bicyclic) bond motifs is 2. The molecule has 0 unspecified atom stereocenters. The fourth-order valence-corrected chi connectivity index (χ4v) is 4.96. The lowest BCUT2D eigenvalue weighted by atomic mass is 9.82. The van der Waals surface area contributed by atoms with Crippen LogP contribution in [-0.2, 0) is 5.41 Å². The molecule has 0 bridgehead atoms.